The molecule has 1 N–H and O–H groups in total. The molecule has 0 fully saturated rings. The SMILES string of the molecule is CCC1C=Cc2ccc(C)cc2N1. The number of anilines is 1. The highest BCUT2D eigenvalue weighted by Gasteiger charge is 2.09. The van der Waals surface area contributed by atoms with Crippen LogP contribution in [-0.2, 0) is 0 Å². The lowest BCUT2D eigenvalue weighted by Gasteiger charge is -2.21. The van der Waals surface area contributed by atoms with Crippen LogP contribution in [0.3, 0.4) is 0 Å². The second kappa shape index (κ2) is 3.25. The Hall–Kier alpha value is -1.24. The van der Waals surface area contributed by atoms with Gasteiger partial charge in [-0.15, -0.1) is 0 Å². The van der Waals surface area contributed by atoms with E-state index in [1.165, 1.54) is 16.8 Å². The molecule has 68 valence electrons. The average Bonchev–Trinajstić information content (AvgIpc) is 2.16. The summed E-state index contributed by atoms with van der Waals surface area (Å²) in [4.78, 5) is 0. The van der Waals surface area contributed by atoms with Gasteiger partial charge in [0, 0.05) is 11.7 Å². The van der Waals surface area contributed by atoms with Crippen LogP contribution in [0.15, 0.2) is 24.3 Å². The highest BCUT2D eigenvalue weighted by molar-refractivity contribution is 5.71. The highest BCUT2D eigenvalue weighted by Crippen LogP contribution is 2.24. The van der Waals surface area contributed by atoms with Crippen molar-refractivity contribution in [2.45, 2.75) is 26.3 Å². The quantitative estimate of drug-likeness (QED) is 0.687. The van der Waals surface area contributed by atoms with Crippen molar-refractivity contribution in [3.63, 3.8) is 0 Å². The van der Waals surface area contributed by atoms with Gasteiger partial charge < -0.3 is 5.32 Å². The molecule has 0 amide bonds. The molecule has 0 bridgehead atoms. The monoisotopic (exact) mass is 173 g/mol. The first kappa shape index (κ1) is 8.36. The van der Waals surface area contributed by atoms with Gasteiger partial charge in [-0.1, -0.05) is 31.2 Å². The molecular weight excluding hydrogens is 158 g/mol. The van der Waals surface area contributed by atoms with Crippen molar-refractivity contribution in [1.29, 1.82) is 0 Å². The van der Waals surface area contributed by atoms with Gasteiger partial charge in [0.25, 0.3) is 0 Å². The molecule has 0 radical (unpaired) electrons. The number of hydrogen-bond acceptors (Lipinski definition) is 1. The molecule has 1 aromatic rings. The molecule has 1 aliphatic heterocycles. The Morgan fingerprint density at radius 1 is 1.38 bits per heavy atom. The second-order valence-electron chi connectivity index (χ2n) is 3.61. The number of aryl methyl sites for hydroxylation is 1. The number of rotatable bonds is 1. The van der Waals surface area contributed by atoms with Crippen LogP contribution >= 0.6 is 0 Å². The van der Waals surface area contributed by atoms with Gasteiger partial charge in [-0.05, 0) is 30.5 Å². The Morgan fingerprint density at radius 3 is 3.00 bits per heavy atom. The predicted molar refractivity (Wildman–Crippen MR) is 57.9 cm³/mol. The van der Waals surface area contributed by atoms with E-state index in [0.717, 1.165) is 6.42 Å². The van der Waals surface area contributed by atoms with E-state index in [9.17, 15) is 0 Å². The van der Waals surface area contributed by atoms with Crippen molar-refractivity contribution in [2.24, 2.45) is 0 Å². The molecule has 1 aliphatic rings. The maximum absolute atomic E-state index is 3.50. The molecule has 1 nitrogen and oxygen atoms in total. The summed E-state index contributed by atoms with van der Waals surface area (Å²) in [5.74, 6) is 0. The molecule has 1 unspecified atom stereocenters. The molecule has 0 aliphatic carbocycles. The Kier molecular flexibility index (Phi) is 2.09. The first-order chi connectivity index (χ1) is 6.29. The fourth-order valence-electron chi connectivity index (χ4n) is 1.65. The second-order valence-corrected chi connectivity index (χ2v) is 3.61. The Bertz CT molecular complexity index is 339. The van der Waals surface area contributed by atoms with E-state index in [1.807, 2.05) is 0 Å². The summed E-state index contributed by atoms with van der Waals surface area (Å²) in [5.41, 5.74) is 3.89. The molecule has 0 spiro atoms. The lowest BCUT2D eigenvalue weighted by molar-refractivity contribution is 0.831. The number of nitrogens with one attached hydrogen (secondary N) is 1. The molecule has 1 heterocycles. The van der Waals surface area contributed by atoms with Gasteiger partial charge in [0.05, 0.1) is 0 Å². The lowest BCUT2D eigenvalue weighted by Crippen LogP contribution is -2.18. The minimum absolute atomic E-state index is 0.509. The minimum Gasteiger partial charge on any atom is -0.378 e. The maximum atomic E-state index is 3.50. The summed E-state index contributed by atoms with van der Waals surface area (Å²) in [6.07, 6.45) is 5.58. The summed E-state index contributed by atoms with van der Waals surface area (Å²) >= 11 is 0. The van der Waals surface area contributed by atoms with Crippen molar-refractivity contribution in [3.8, 4) is 0 Å². The van der Waals surface area contributed by atoms with Crippen LogP contribution in [0.4, 0.5) is 5.69 Å². The minimum atomic E-state index is 0.509. The van der Waals surface area contributed by atoms with Crippen LogP contribution in [0.5, 0.6) is 0 Å². The standard InChI is InChI=1S/C12H15N/c1-3-11-7-6-10-5-4-9(2)8-12(10)13-11/h4-8,11,13H,3H2,1-2H3. The third kappa shape index (κ3) is 1.59. The molecule has 1 atom stereocenters. The van der Waals surface area contributed by atoms with Gasteiger partial charge in [0.1, 0.15) is 0 Å². The van der Waals surface area contributed by atoms with Crippen molar-refractivity contribution in [2.75, 3.05) is 5.32 Å². The summed E-state index contributed by atoms with van der Waals surface area (Å²) in [6, 6.07) is 7.04. The fraction of sp³-hybridized carbons (Fsp3) is 0.333. The van der Waals surface area contributed by atoms with Crippen LogP contribution in [0.2, 0.25) is 0 Å². The van der Waals surface area contributed by atoms with Gasteiger partial charge in [0.15, 0.2) is 0 Å². The van der Waals surface area contributed by atoms with Crippen LogP contribution in [-0.4, -0.2) is 6.04 Å². The highest BCUT2D eigenvalue weighted by atomic mass is 14.9. The molecule has 0 saturated heterocycles. The van der Waals surface area contributed by atoms with Crippen molar-refractivity contribution < 1.29 is 0 Å². The maximum Gasteiger partial charge on any atom is 0.0445 e. The average molecular weight is 173 g/mol. The summed E-state index contributed by atoms with van der Waals surface area (Å²) in [7, 11) is 0. The summed E-state index contributed by atoms with van der Waals surface area (Å²) in [6.45, 7) is 4.32. The zero-order chi connectivity index (χ0) is 9.26. The van der Waals surface area contributed by atoms with Gasteiger partial charge in [0.2, 0.25) is 0 Å². The molecule has 0 aromatic heterocycles. The first-order valence-corrected chi connectivity index (χ1v) is 4.85. The zero-order valence-electron chi connectivity index (χ0n) is 8.17. The molecule has 1 aromatic carbocycles. The van der Waals surface area contributed by atoms with E-state index in [4.69, 9.17) is 0 Å². The van der Waals surface area contributed by atoms with E-state index in [0.29, 0.717) is 6.04 Å². The van der Waals surface area contributed by atoms with E-state index >= 15 is 0 Å². The van der Waals surface area contributed by atoms with Crippen molar-refractivity contribution in [3.05, 3.63) is 35.4 Å². The molecule has 13 heavy (non-hydrogen) atoms. The molecule has 2 rings (SSSR count). The van der Waals surface area contributed by atoms with Gasteiger partial charge in [-0.2, -0.15) is 0 Å². The number of benzene rings is 1. The topological polar surface area (TPSA) is 12.0 Å². The third-order valence-corrected chi connectivity index (χ3v) is 2.50. The molecule has 1 heteroatoms. The summed E-state index contributed by atoms with van der Waals surface area (Å²) in [5, 5.41) is 3.50. The van der Waals surface area contributed by atoms with Crippen molar-refractivity contribution >= 4 is 11.8 Å². The third-order valence-electron chi connectivity index (χ3n) is 2.50. The van der Waals surface area contributed by atoms with E-state index in [-0.39, 0.29) is 0 Å². The Morgan fingerprint density at radius 2 is 2.23 bits per heavy atom. The number of hydrogen-bond donors (Lipinski definition) is 1. The smallest absolute Gasteiger partial charge is 0.0445 e. The van der Waals surface area contributed by atoms with Gasteiger partial charge in [-0.25, -0.2) is 0 Å². The fourth-order valence-corrected chi connectivity index (χ4v) is 1.65. The normalized spacial score (nSPS) is 19.4. The first-order valence-electron chi connectivity index (χ1n) is 4.85. The largest absolute Gasteiger partial charge is 0.378 e. The van der Waals surface area contributed by atoms with Gasteiger partial charge in [-0.3, -0.25) is 0 Å². The van der Waals surface area contributed by atoms with Crippen LogP contribution in [0.25, 0.3) is 6.08 Å². The zero-order valence-corrected chi connectivity index (χ0v) is 8.17. The molecular formula is C12H15N. The Labute approximate surface area is 79.5 Å². The van der Waals surface area contributed by atoms with E-state index < -0.39 is 0 Å². The van der Waals surface area contributed by atoms with Crippen LogP contribution in [0.1, 0.15) is 24.5 Å². The lowest BCUT2D eigenvalue weighted by atomic mass is 10.0. The van der Waals surface area contributed by atoms with Crippen LogP contribution < -0.4 is 5.32 Å². The predicted octanol–water partition coefficient (Wildman–Crippen LogP) is 3.21. The number of fused-ring (bicyclic) bond motifs is 1. The Balaban J connectivity index is 2.36. The van der Waals surface area contributed by atoms with E-state index in [1.54, 1.807) is 0 Å². The van der Waals surface area contributed by atoms with Crippen LogP contribution in [0, 0.1) is 6.92 Å². The van der Waals surface area contributed by atoms with Gasteiger partial charge >= 0.3 is 0 Å². The molecule has 0 saturated carbocycles. The van der Waals surface area contributed by atoms with E-state index in [2.05, 4.69) is 49.5 Å². The summed E-state index contributed by atoms with van der Waals surface area (Å²) < 4.78 is 0. The van der Waals surface area contributed by atoms with Crippen molar-refractivity contribution in [1.82, 2.24) is 0 Å².